The monoisotopic (exact) mass is 649 g/mol. The first-order chi connectivity index (χ1) is 22.0. The van der Waals surface area contributed by atoms with Crippen molar-refractivity contribution in [1.82, 2.24) is 0 Å². The minimum absolute atomic E-state index is 0.122. The SMILES string of the molecule is CCCCCCCCCCCC(=O)OCC(C)(C)C=C(N)C(=CC(C)(C)COC(=O)CCCCCCCCCCC)CCCCN. The second-order valence-electron chi connectivity index (χ2n) is 15.0. The lowest BCUT2D eigenvalue weighted by atomic mass is 9.86. The summed E-state index contributed by atoms with van der Waals surface area (Å²) in [4.78, 5) is 24.9. The third kappa shape index (κ3) is 27.3. The molecule has 0 fully saturated rings. The highest BCUT2D eigenvalue weighted by molar-refractivity contribution is 5.69. The van der Waals surface area contributed by atoms with Crippen LogP contribution in [0.1, 0.15) is 189 Å². The minimum Gasteiger partial charge on any atom is -0.465 e. The Kier molecular flexibility index (Phi) is 27.1. The van der Waals surface area contributed by atoms with Crippen LogP contribution in [0.25, 0.3) is 0 Å². The molecule has 4 N–H and O–H groups in total. The van der Waals surface area contributed by atoms with Crippen LogP contribution in [0.4, 0.5) is 0 Å². The first kappa shape index (κ1) is 44.2. The van der Waals surface area contributed by atoms with E-state index in [0.29, 0.717) is 38.3 Å². The van der Waals surface area contributed by atoms with Gasteiger partial charge in [-0.05, 0) is 44.2 Å². The van der Waals surface area contributed by atoms with Gasteiger partial charge in [0.15, 0.2) is 0 Å². The first-order valence-corrected chi connectivity index (χ1v) is 19.2. The van der Waals surface area contributed by atoms with Crippen LogP contribution in [0.5, 0.6) is 0 Å². The van der Waals surface area contributed by atoms with Crippen LogP contribution in [-0.2, 0) is 19.1 Å². The van der Waals surface area contributed by atoms with Crippen molar-refractivity contribution in [2.45, 2.75) is 189 Å². The molecule has 0 unspecified atom stereocenters. The predicted molar refractivity (Wildman–Crippen MR) is 196 cm³/mol. The van der Waals surface area contributed by atoms with Crippen LogP contribution in [0.15, 0.2) is 23.4 Å². The fourth-order valence-electron chi connectivity index (χ4n) is 5.67. The Morgan fingerprint density at radius 2 is 0.870 bits per heavy atom. The molecule has 270 valence electrons. The lowest BCUT2D eigenvalue weighted by molar-refractivity contribution is -0.146. The molecule has 0 aromatic heterocycles. The topological polar surface area (TPSA) is 105 Å². The zero-order valence-electron chi connectivity index (χ0n) is 31.3. The number of carbonyl (C=O) groups excluding carboxylic acids is 2. The maximum atomic E-state index is 12.5. The third-order valence-electron chi connectivity index (χ3n) is 8.56. The molecule has 0 aliphatic heterocycles. The van der Waals surface area contributed by atoms with E-state index in [2.05, 4.69) is 33.8 Å². The van der Waals surface area contributed by atoms with Gasteiger partial charge >= 0.3 is 11.9 Å². The minimum atomic E-state index is -0.405. The quantitative estimate of drug-likeness (QED) is 0.0440. The largest absolute Gasteiger partial charge is 0.465 e. The number of hydrogen-bond acceptors (Lipinski definition) is 6. The number of unbranched alkanes of at least 4 members (excludes halogenated alkanes) is 17. The van der Waals surface area contributed by atoms with E-state index in [1.807, 2.05) is 19.9 Å². The number of carbonyl (C=O) groups is 2. The molecular weight excluding hydrogens is 572 g/mol. The summed E-state index contributed by atoms with van der Waals surface area (Å²) in [6.07, 6.45) is 29.8. The van der Waals surface area contributed by atoms with E-state index in [-0.39, 0.29) is 17.4 Å². The molecule has 0 aliphatic rings. The summed E-state index contributed by atoms with van der Waals surface area (Å²) in [7, 11) is 0. The van der Waals surface area contributed by atoms with Crippen LogP contribution in [0.2, 0.25) is 0 Å². The summed E-state index contributed by atoms with van der Waals surface area (Å²) >= 11 is 0. The standard InChI is InChI=1S/C40H76N2O4/c1-7-9-11-13-15-17-19-21-23-28-37(43)45-33-39(3,4)31-35(27-25-26-30-41)36(42)32-40(5,6)34-46-38(44)29-24-22-20-18-16-14-12-10-8-2/h31-32H,7-30,33-34,41-42H2,1-6H3. The summed E-state index contributed by atoms with van der Waals surface area (Å²) in [5.41, 5.74) is 13.4. The molecule has 0 aromatic rings. The maximum absolute atomic E-state index is 12.5. The molecule has 0 saturated carbocycles. The molecule has 0 aliphatic carbocycles. The second-order valence-corrected chi connectivity index (χ2v) is 15.0. The van der Waals surface area contributed by atoms with E-state index in [1.165, 1.54) is 89.9 Å². The van der Waals surface area contributed by atoms with Gasteiger partial charge in [0, 0.05) is 29.4 Å². The van der Waals surface area contributed by atoms with E-state index in [9.17, 15) is 9.59 Å². The normalized spacial score (nSPS) is 12.8. The predicted octanol–water partition coefficient (Wildman–Crippen LogP) is 10.9. The average molecular weight is 649 g/mol. The Hall–Kier alpha value is -1.82. The number of allylic oxidation sites excluding steroid dienone is 1. The van der Waals surface area contributed by atoms with E-state index >= 15 is 0 Å². The number of nitrogens with two attached hydrogens (primary N) is 2. The Balaban J connectivity index is 4.78. The van der Waals surface area contributed by atoms with Gasteiger partial charge in [-0.2, -0.15) is 0 Å². The van der Waals surface area contributed by atoms with Crippen molar-refractivity contribution in [3.8, 4) is 0 Å². The molecule has 6 heteroatoms. The Morgan fingerprint density at radius 3 is 1.26 bits per heavy atom. The Bertz CT molecular complexity index is 831. The zero-order valence-corrected chi connectivity index (χ0v) is 31.3. The fraction of sp³-hybridized carbons (Fsp3) is 0.850. The second kappa shape index (κ2) is 28.2. The highest BCUT2D eigenvalue weighted by Gasteiger charge is 2.22. The van der Waals surface area contributed by atoms with E-state index in [1.54, 1.807) is 0 Å². The Labute approximate surface area is 285 Å². The van der Waals surface area contributed by atoms with Gasteiger partial charge in [0.1, 0.15) is 0 Å². The summed E-state index contributed by atoms with van der Waals surface area (Å²) in [6.45, 7) is 14.0. The zero-order chi connectivity index (χ0) is 34.5. The molecule has 0 spiro atoms. The lowest BCUT2D eigenvalue weighted by Crippen LogP contribution is -2.23. The van der Waals surface area contributed by atoms with Gasteiger partial charge in [0.05, 0.1) is 13.2 Å². The number of esters is 2. The van der Waals surface area contributed by atoms with Crippen LogP contribution in [-0.4, -0.2) is 31.7 Å². The molecule has 46 heavy (non-hydrogen) atoms. The molecule has 0 heterocycles. The lowest BCUT2D eigenvalue weighted by Gasteiger charge is -2.25. The number of ether oxygens (including phenoxy) is 2. The fourth-order valence-corrected chi connectivity index (χ4v) is 5.67. The summed E-state index contributed by atoms with van der Waals surface area (Å²) < 4.78 is 11.4. The first-order valence-electron chi connectivity index (χ1n) is 19.2. The van der Waals surface area contributed by atoms with Crippen LogP contribution in [0, 0.1) is 10.8 Å². The van der Waals surface area contributed by atoms with Gasteiger partial charge in [-0.15, -0.1) is 0 Å². The van der Waals surface area contributed by atoms with E-state index in [0.717, 1.165) is 50.5 Å². The summed E-state index contributed by atoms with van der Waals surface area (Å²) in [6, 6.07) is 0. The summed E-state index contributed by atoms with van der Waals surface area (Å²) in [5.74, 6) is -0.255. The highest BCUT2D eigenvalue weighted by Crippen LogP contribution is 2.28. The van der Waals surface area contributed by atoms with E-state index in [4.69, 9.17) is 20.9 Å². The number of rotatable bonds is 31. The molecule has 0 amide bonds. The molecule has 0 radical (unpaired) electrons. The maximum Gasteiger partial charge on any atom is 0.305 e. The van der Waals surface area contributed by atoms with Crippen molar-refractivity contribution in [3.63, 3.8) is 0 Å². The van der Waals surface area contributed by atoms with Gasteiger partial charge in [0.25, 0.3) is 0 Å². The Morgan fingerprint density at radius 1 is 0.522 bits per heavy atom. The number of hydrogen-bond donors (Lipinski definition) is 2. The molecule has 0 rings (SSSR count). The average Bonchev–Trinajstić information content (AvgIpc) is 3.00. The highest BCUT2D eigenvalue weighted by atomic mass is 16.5. The van der Waals surface area contributed by atoms with Gasteiger partial charge in [-0.3, -0.25) is 9.59 Å². The molecule has 6 nitrogen and oxygen atoms in total. The van der Waals surface area contributed by atoms with Crippen LogP contribution >= 0.6 is 0 Å². The molecule has 0 saturated heterocycles. The van der Waals surface area contributed by atoms with Gasteiger partial charge in [-0.1, -0.05) is 156 Å². The van der Waals surface area contributed by atoms with Crippen LogP contribution in [0.3, 0.4) is 0 Å². The van der Waals surface area contributed by atoms with Crippen molar-refractivity contribution in [3.05, 3.63) is 23.4 Å². The van der Waals surface area contributed by atoms with Crippen molar-refractivity contribution in [2.75, 3.05) is 19.8 Å². The van der Waals surface area contributed by atoms with Gasteiger partial charge in [0.2, 0.25) is 0 Å². The van der Waals surface area contributed by atoms with Crippen molar-refractivity contribution in [2.24, 2.45) is 22.3 Å². The van der Waals surface area contributed by atoms with Crippen molar-refractivity contribution >= 4 is 11.9 Å². The smallest absolute Gasteiger partial charge is 0.305 e. The summed E-state index contributed by atoms with van der Waals surface area (Å²) in [5, 5.41) is 0. The van der Waals surface area contributed by atoms with Gasteiger partial charge in [-0.25, -0.2) is 0 Å². The van der Waals surface area contributed by atoms with E-state index < -0.39 is 5.41 Å². The molecule has 0 atom stereocenters. The van der Waals surface area contributed by atoms with Crippen molar-refractivity contribution in [1.29, 1.82) is 0 Å². The van der Waals surface area contributed by atoms with Crippen molar-refractivity contribution < 1.29 is 19.1 Å². The molecule has 0 aromatic carbocycles. The van der Waals surface area contributed by atoms with Crippen LogP contribution < -0.4 is 11.5 Å². The van der Waals surface area contributed by atoms with Gasteiger partial charge < -0.3 is 20.9 Å². The molecule has 0 bridgehead atoms. The molecular formula is C40H76N2O4. The third-order valence-corrected chi connectivity index (χ3v) is 8.56.